The molecule has 1 atom stereocenters. The molecule has 1 aromatic heterocycles. The molecule has 33 heavy (non-hydrogen) atoms. The summed E-state index contributed by atoms with van der Waals surface area (Å²) in [6, 6.07) is 11.0. The first-order valence-corrected chi connectivity index (χ1v) is 12.1. The molecule has 1 fully saturated rings. The standard InChI is InChI=1S/C25H30N2O5S/c1-4-5-14-31-18-10-8-17(9-11-18)24(28)27(16-19-7-6-15-32-19)25-26-22-20(29-2)12-13-21(30-3)23(22)33-25/h8-13,19H,4-7,14-16H2,1-3H3. The highest BCUT2D eigenvalue weighted by atomic mass is 32.1. The Morgan fingerprint density at radius 1 is 1.15 bits per heavy atom. The van der Waals surface area contributed by atoms with Gasteiger partial charge in [0.15, 0.2) is 5.13 Å². The van der Waals surface area contributed by atoms with Crippen molar-refractivity contribution < 1.29 is 23.7 Å². The maximum atomic E-state index is 13.6. The number of hydrogen-bond donors (Lipinski definition) is 0. The Kier molecular flexibility index (Phi) is 7.67. The molecule has 4 rings (SSSR count). The smallest absolute Gasteiger partial charge is 0.260 e. The van der Waals surface area contributed by atoms with E-state index in [1.54, 1.807) is 31.3 Å². The fourth-order valence-corrected chi connectivity index (χ4v) is 4.90. The number of thiazole rings is 1. The molecule has 1 saturated heterocycles. The molecule has 8 heteroatoms. The van der Waals surface area contributed by atoms with Crippen molar-refractivity contribution in [1.29, 1.82) is 0 Å². The monoisotopic (exact) mass is 470 g/mol. The number of carbonyl (C=O) groups excluding carboxylic acids is 1. The summed E-state index contributed by atoms with van der Waals surface area (Å²) in [5.41, 5.74) is 1.26. The van der Waals surface area contributed by atoms with Crippen LogP contribution in [0.15, 0.2) is 36.4 Å². The van der Waals surface area contributed by atoms with Gasteiger partial charge < -0.3 is 18.9 Å². The van der Waals surface area contributed by atoms with Crippen molar-refractivity contribution in [2.24, 2.45) is 0 Å². The lowest BCUT2D eigenvalue weighted by atomic mass is 10.1. The highest BCUT2D eigenvalue weighted by molar-refractivity contribution is 7.22. The third-order valence-electron chi connectivity index (χ3n) is 5.65. The minimum absolute atomic E-state index is 0.0126. The minimum Gasteiger partial charge on any atom is -0.495 e. The molecule has 0 N–H and O–H groups in total. The maximum absolute atomic E-state index is 13.6. The molecule has 3 aromatic rings. The predicted octanol–water partition coefficient (Wildman–Crippen LogP) is 5.32. The van der Waals surface area contributed by atoms with E-state index in [1.165, 1.54) is 11.3 Å². The zero-order valence-electron chi connectivity index (χ0n) is 19.3. The summed E-state index contributed by atoms with van der Waals surface area (Å²) in [5, 5.41) is 0.594. The van der Waals surface area contributed by atoms with Crippen LogP contribution in [0.4, 0.5) is 5.13 Å². The van der Waals surface area contributed by atoms with Gasteiger partial charge in [-0.1, -0.05) is 24.7 Å². The largest absolute Gasteiger partial charge is 0.495 e. The number of amides is 1. The average molecular weight is 471 g/mol. The van der Waals surface area contributed by atoms with Crippen LogP contribution >= 0.6 is 11.3 Å². The minimum atomic E-state index is -0.123. The molecular weight excluding hydrogens is 440 g/mol. The molecular formula is C25H30N2O5S. The van der Waals surface area contributed by atoms with E-state index in [2.05, 4.69) is 6.92 Å². The van der Waals surface area contributed by atoms with Crippen LogP contribution in [-0.4, -0.2) is 51.0 Å². The van der Waals surface area contributed by atoms with Gasteiger partial charge >= 0.3 is 0 Å². The second kappa shape index (κ2) is 10.9. The molecule has 0 saturated carbocycles. The maximum Gasteiger partial charge on any atom is 0.260 e. The van der Waals surface area contributed by atoms with Gasteiger partial charge in [-0.3, -0.25) is 9.69 Å². The molecule has 2 aromatic carbocycles. The Bertz CT molecular complexity index is 1040. The molecule has 1 amide bonds. The Morgan fingerprint density at radius 3 is 2.58 bits per heavy atom. The van der Waals surface area contributed by atoms with Crippen molar-refractivity contribution in [3.63, 3.8) is 0 Å². The molecule has 2 heterocycles. The second-order valence-corrected chi connectivity index (χ2v) is 8.90. The van der Waals surface area contributed by atoms with Gasteiger partial charge in [0, 0.05) is 12.2 Å². The van der Waals surface area contributed by atoms with Gasteiger partial charge in [-0.25, -0.2) is 4.98 Å². The van der Waals surface area contributed by atoms with Crippen LogP contribution in [0.2, 0.25) is 0 Å². The first-order chi connectivity index (χ1) is 16.1. The van der Waals surface area contributed by atoms with E-state index in [0.29, 0.717) is 40.9 Å². The normalized spacial score (nSPS) is 15.5. The number of rotatable bonds is 10. The summed E-state index contributed by atoms with van der Waals surface area (Å²) in [5.74, 6) is 1.99. The number of carbonyl (C=O) groups is 1. The van der Waals surface area contributed by atoms with Crippen LogP contribution < -0.4 is 19.1 Å². The molecule has 0 aliphatic carbocycles. The lowest BCUT2D eigenvalue weighted by Crippen LogP contribution is -2.37. The molecule has 176 valence electrons. The van der Waals surface area contributed by atoms with Crippen LogP contribution in [0.25, 0.3) is 10.2 Å². The number of ether oxygens (including phenoxy) is 4. The fourth-order valence-electron chi connectivity index (χ4n) is 3.81. The highest BCUT2D eigenvalue weighted by Crippen LogP contribution is 2.40. The van der Waals surface area contributed by atoms with Crippen LogP contribution in [0, 0.1) is 0 Å². The summed E-state index contributed by atoms with van der Waals surface area (Å²) >= 11 is 1.42. The molecule has 1 aliphatic heterocycles. The summed E-state index contributed by atoms with van der Waals surface area (Å²) in [7, 11) is 3.24. The Balaban J connectivity index is 1.66. The van der Waals surface area contributed by atoms with Crippen LogP contribution in [0.3, 0.4) is 0 Å². The van der Waals surface area contributed by atoms with Gasteiger partial charge in [-0.2, -0.15) is 0 Å². The van der Waals surface area contributed by atoms with Crippen molar-refractivity contribution >= 4 is 32.6 Å². The zero-order chi connectivity index (χ0) is 23.2. The first-order valence-electron chi connectivity index (χ1n) is 11.3. The zero-order valence-corrected chi connectivity index (χ0v) is 20.2. The van der Waals surface area contributed by atoms with Gasteiger partial charge in [0.25, 0.3) is 5.91 Å². The average Bonchev–Trinajstić information content (AvgIpc) is 3.52. The van der Waals surface area contributed by atoms with E-state index in [9.17, 15) is 4.79 Å². The number of benzene rings is 2. The lowest BCUT2D eigenvalue weighted by molar-refractivity contribution is 0.0917. The van der Waals surface area contributed by atoms with Crippen molar-refractivity contribution in [3.05, 3.63) is 42.0 Å². The second-order valence-electron chi connectivity index (χ2n) is 7.92. The van der Waals surface area contributed by atoms with Crippen molar-refractivity contribution in [2.75, 3.05) is 38.9 Å². The SMILES string of the molecule is CCCCOc1ccc(C(=O)N(CC2CCCO2)c2nc3c(OC)ccc(OC)c3s2)cc1. The van der Waals surface area contributed by atoms with Crippen molar-refractivity contribution in [2.45, 2.75) is 38.7 Å². The molecule has 1 unspecified atom stereocenters. The Labute approximate surface area is 198 Å². The number of aromatic nitrogens is 1. The summed E-state index contributed by atoms with van der Waals surface area (Å²) in [6.45, 7) is 3.96. The third-order valence-corrected chi connectivity index (χ3v) is 6.75. The number of methoxy groups -OCH3 is 2. The van der Waals surface area contributed by atoms with Crippen LogP contribution in [-0.2, 0) is 4.74 Å². The Morgan fingerprint density at radius 2 is 1.91 bits per heavy atom. The number of fused-ring (bicyclic) bond motifs is 1. The van der Waals surface area contributed by atoms with Gasteiger partial charge in [0.2, 0.25) is 0 Å². The quantitative estimate of drug-likeness (QED) is 0.374. The lowest BCUT2D eigenvalue weighted by Gasteiger charge is -2.23. The molecule has 1 aliphatic rings. The van der Waals surface area contributed by atoms with Crippen LogP contribution in [0.1, 0.15) is 43.0 Å². The Hall–Kier alpha value is -2.84. The fraction of sp³-hybridized carbons (Fsp3) is 0.440. The molecule has 0 bridgehead atoms. The highest BCUT2D eigenvalue weighted by Gasteiger charge is 2.28. The van der Waals surface area contributed by atoms with E-state index >= 15 is 0 Å². The molecule has 0 radical (unpaired) electrons. The number of hydrogen-bond acceptors (Lipinski definition) is 7. The van der Waals surface area contributed by atoms with Gasteiger partial charge in [0.1, 0.15) is 27.5 Å². The van der Waals surface area contributed by atoms with E-state index in [-0.39, 0.29) is 12.0 Å². The van der Waals surface area contributed by atoms with E-state index in [4.69, 9.17) is 23.9 Å². The van der Waals surface area contributed by atoms with Gasteiger partial charge in [-0.05, 0) is 55.7 Å². The topological polar surface area (TPSA) is 70.1 Å². The van der Waals surface area contributed by atoms with E-state index in [1.807, 2.05) is 24.3 Å². The van der Waals surface area contributed by atoms with E-state index < -0.39 is 0 Å². The summed E-state index contributed by atoms with van der Waals surface area (Å²) in [4.78, 5) is 20.1. The van der Waals surface area contributed by atoms with Crippen LogP contribution in [0.5, 0.6) is 17.2 Å². The van der Waals surface area contributed by atoms with Gasteiger partial charge in [0.05, 0.1) is 33.5 Å². The van der Waals surface area contributed by atoms with Crippen molar-refractivity contribution in [3.8, 4) is 17.2 Å². The number of nitrogens with zero attached hydrogens (tertiary/aromatic N) is 2. The molecule has 7 nitrogen and oxygen atoms in total. The summed E-state index contributed by atoms with van der Waals surface area (Å²) in [6.07, 6.45) is 3.98. The van der Waals surface area contributed by atoms with E-state index in [0.717, 1.165) is 42.7 Å². The predicted molar refractivity (Wildman–Crippen MR) is 130 cm³/mol. The first kappa shape index (κ1) is 23.3. The number of unbranched alkanes of at least 4 members (excludes halogenated alkanes) is 1. The third kappa shape index (κ3) is 5.23. The number of anilines is 1. The van der Waals surface area contributed by atoms with Gasteiger partial charge in [-0.15, -0.1) is 0 Å². The molecule has 0 spiro atoms. The van der Waals surface area contributed by atoms with Crippen molar-refractivity contribution in [1.82, 2.24) is 4.98 Å². The summed E-state index contributed by atoms with van der Waals surface area (Å²) < 4.78 is 23.5.